The van der Waals surface area contributed by atoms with Gasteiger partial charge >= 0.3 is 6.36 Å². The zero-order chi connectivity index (χ0) is 18.1. The van der Waals surface area contributed by atoms with Gasteiger partial charge in [0.25, 0.3) is 0 Å². The number of nitrogens with zero attached hydrogens (tertiary/aromatic N) is 1. The molecule has 132 valence electrons. The fourth-order valence-corrected chi connectivity index (χ4v) is 3.93. The predicted molar refractivity (Wildman–Crippen MR) is 89.4 cm³/mol. The highest BCUT2D eigenvalue weighted by Gasteiger charge is 2.37. The Hall–Kier alpha value is -0.930. The third kappa shape index (κ3) is 5.03. The molecule has 1 aromatic carbocycles. The monoisotopic (exact) mass is 445 g/mol. The van der Waals surface area contributed by atoms with Crippen molar-refractivity contribution in [1.29, 1.82) is 0 Å². The summed E-state index contributed by atoms with van der Waals surface area (Å²) >= 11 is 10.2. The fraction of sp³-hybridized carbons (Fsp3) is 0.429. The molecule has 0 radical (unpaired) electrons. The van der Waals surface area contributed by atoms with Crippen molar-refractivity contribution in [2.45, 2.75) is 19.7 Å². The van der Waals surface area contributed by atoms with Crippen molar-refractivity contribution in [2.24, 2.45) is 5.92 Å². The molecule has 10 heteroatoms. The van der Waals surface area contributed by atoms with Crippen LogP contribution in [-0.2, 0) is 9.59 Å². The predicted octanol–water partition coefficient (Wildman–Crippen LogP) is 4.63. The van der Waals surface area contributed by atoms with E-state index < -0.39 is 12.1 Å². The van der Waals surface area contributed by atoms with E-state index in [4.69, 9.17) is 11.6 Å². The van der Waals surface area contributed by atoms with Gasteiger partial charge in [-0.05, 0) is 18.1 Å². The number of thioether (sulfide) groups is 1. The Bertz CT molecular complexity index is 671. The number of hydrogen-bond donors (Lipinski definition) is 0. The summed E-state index contributed by atoms with van der Waals surface area (Å²) in [6.07, 6.45) is -4.77. The molecule has 1 atom stereocenters. The highest BCUT2D eigenvalue weighted by molar-refractivity contribution is 9.10. The SMILES string of the molecule is CC(=O)SCC1CC(=O)N(c2c(Cl)cc(Br)cc2OC(F)(F)F)C1. The average Bonchev–Trinajstić information content (AvgIpc) is 2.75. The van der Waals surface area contributed by atoms with Crippen molar-refractivity contribution < 1.29 is 27.5 Å². The molecular formula is C14H12BrClF3NO3S. The van der Waals surface area contributed by atoms with Gasteiger partial charge in [-0.25, -0.2) is 0 Å². The van der Waals surface area contributed by atoms with E-state index in [0.717, 1.165) is 17.8 Å². The smallest absolute Gasteiger partial charge is 0.403 e. The summed E-state index contributed by atoms with van der Waals surface area (Å²) in [4.78, 5) is 24.4. The second-order valence-electron chi connectivity index (χ2n) is 5.16. The molecule has 0 spiro atoms. The maximum atomic E-state index is 12.6. The van der Waals surface area contributed by atoms with Crippen LogP contribution in [-0.4, -0.2) is 29.7 Å². The van der Waals surface area contributed by atoms with Gasteiger partial charge in [0.2, 0.25) is 5.91 Å². The Kier molecular flexibility index (Phi) is 6.09. The lowest BCUT2D eigenvalue weighted by Crippen LogP contribution is -2.27. The van der Waals surface area contributed by atoms with Gasteiger partial charge in [0, 0.05) is 30.1 Å². The van der Waals surface area contributed by atoms with Crippen LogP contribution in [0.5, 0.6) is 5.75 Å². The molecule has 0 aliphatic carbocycles. The molecule has 4 nitrogen and oxygen atoms in total. The van der Waals surface area contributed by atoms with Crippen LogP contribution in [0, 0.1) is 5.92 Å². The van der Waals surface area contributed by atoms with Crippen LogP contribution in [0.15, 0.2) is 16.6 Å². The summed E-state index contributed by atoms with van der Waals surface area (Å²) in [6, 6.07) is 2.50. The van der Waals surface area contributed by atoms with E-state index in [1.54, 1.807) is 0 Å². The highest BCUT2D eigenvalue weighted by Crippen LogP contribution is 2.43. The van der Waals surface area contributed by atoms with E-state index >= 15 is 0 Å². The van der Waals surface area contributed by atoms with Crippen molar-refractivity contribution in [3.63, 3.8) is 0 Å². The quantitative estimate of drug-likeness (QED) is 0.676. The Morgan fingerprint density at radius 2 is 2.17 bits per heavy atom. The van der Waals surface area contributed by atoms with Gasteiger partial charge in [-0.15, -0.1) is 13.2 Å². The number of carbonyl (C=O) groups excluding carboxylic acids is 2. The summed E-state index contributed by atoms with van der Waals surface area (Å²) in [5, 5.41) is -0.111. The van der Waals surface area contributed by atoms with E-state index in [2.05, 4.69) is 20.7 Å². The van der Waals surface area contributed by atoms with Gasteiger partial charge in [-0.1, -0.05) is 39.3 Å². The van der Waals surface area contributed by atoms with Crippen molar-refractivity contribution in [3.8, 4) is 5.75 Å². The maximum absolute atomic E-state index is 12.6. The molecule has 1 aliphatic rings. The molecule has 1 heterocycles. The molecule has 0 aromatic heterocycles. The van der Waals surface area contributed by atoms with E-state index in [1.807, 2.05) is 0 Å². The zero-order valence-corrected chi connectivity index (χ0v) is 15.5. The summed E-state index contributed by atoms with van der Waals surface area (Å²) in [7, 11) is 0. The molecule has 0 N–H and O–H groups in total. The van der Waals surface area contributed by atoms with Crippen LogP contribution < -0.4 is 9.64 Å². The second kappa shape index (κ2) is 7.53. The average molecular weight is 447 g/mol. The molecule has 0 bridgehead atoms. The van der Waals surface area contributed by atoms with E-state index in [-0.39, 0.29) is 40.6 Å². The number of ether oxygens (including phenoxy) is 1. The van der Waals surface area contributed by atoms with Gasteiger partial charge < -0.3 is 9.64 Å². The van der Waals surface area contributed by atoms with Gasteiger partial charge in [0.1, 0.15) is 5.69 Å². The number of alkyl halides is 3. The Morgan fingerprint density at radius 1 is 1.50 bits per heavy atom. The minimum absolute atomic E-state index is 0.0307. The standard InChI is InChI=1S/C14H12BrClF3NO3S/c1-7(21)24-6-8-2-12(22)20(5-8)13-10(16)3-9(15)4-11(13)23-14(17,18)19/h3-4,8H,2,5-6H2,1H3. The largest absolute Gasteiger partial charge is 0.573 e. The van der Waals surface area contributed by atoms with Crippen LogP contribution in [0.2, 0.25) is 5.02 Å². The van der Waals surface area contributed by atoms with Crippen molar-refractivity contribution in [2.75, 3.05) is 17.2 Å². The number of halogens is 5. The number of amides is 1. The number of hydrogen-bond acceptors (Lipinski definition) is 4. The first-order chi connectivity index (χ1) is 11.1. The molecule has 1 fully saturated rings. The van der Waals surface area contributed by atoms with Gasteiger partial charge in [0.15, 0.2) is 10.9 Å². The van der Waals surface area contributed by atoms with Crippen LogP contribution in [0.25, 0.3) is 0 Å². The summed E-state index contributed by atoms with van der Waals surface area (Å²) < 4.78 is 42.2. The summed E-state index contributed by atoms with van der Waals surface area (Å²) in [5.74, 6) is -0.637. The first kappa shape index (κ1) is 19.4. The minimum Gasteiger partial charge on any atom is -0.403 e. The van der Waals surface area contributed by atoms with Crippen LogP contribution >= 0.6 is 39.3 Å². The van der Waals surface area contributed by atoms with Gasteiger partial charge in [-0.2, -0.15) is 0 Å². The fourth-order valence-electron chi connectivity index (χ4n) is 2.35. The number of rotatable bonds is 4. The molecule has 1 unspecified atom stereocenters. The molecule has 0 saturated carbocycles. The summed E-state index contributed by atoms with van der Waals surface area (Å²) in [5.41, 5.74) is -0.113. The van der Waals surface area contributed by atoms with Gasteiger partial charge in [-0.3, -0.25) is 9.59 Å². The maximum Gasteiger partial charge on any atom is 0.573 e. The van der Waals surface area contributed by atoms with E-state index in [9.17, 15) is 22.8 Å². The molecule has 1 aliphatic heterocycles. The lowest BCUT2D eigenvalue weighted by Gasteiger charge is -2.22. The zero-order valence-electron chi connectivity index (χ0n) is 12.3. The minimum atomic E-state index is -4.91. The third-order valence-electron chi connectivity index (χ3n) is 3.22. The van der Waals surface area contributed by atoms with Crippen molar-refractivity contribution in [1.82, 2.24) is 0 Å². The molecule has 2 rings (SSSR count). The van der Waals surface area contributed by atoms with Crippen molar-refractivity contribution in [3.05, 3.63) is 21.6 Å². The Balaban J connectivity index is 2.30. The highest BCUT2D eigenvalue weighted by atomic mass is 79.9. The molecule has 1 aromatic rings. The lowest BCUT2D eigenvalue weighted by atomic mass is 10.1. The van der Waals surface area contributed by atoms with E-state index in [0.29, 0.717) is 10.2 Å². The molecule has 1 amide bonds. The number of anilines is 1. The molecule has 24 heavy (non-hydrogen) atoms. The topological polar surface area (TPSA) is 46.6 Å². The Morgan fingerprint density at radius 3 is 2.75 bits per heavy atom. The molecule has 1 saturated heterocycles. The van der Waals surface area contributed by atoms with E-state index in [1.165, 1.54) is 17.9 Å². The number of carbonyl (C=O) groups is 2. The van der Waals surface area contributed by atoms with Crippen LogP contribution in [0.4, 0.5) is 18.9 Å². The normalized spacial score (nSPS) is 18.2. The lowest BCUT2D eigenvalue weighted by molar-refractivity contribution is -0.274. The van der Waals surface area contributed by atoms with Crippen molar-refractivity contribution >= 4 is 56.0 Å². The second-order valence-corrected chi connectivity index (χ2v) is 7.68. The van der Waals surface area contributed by atoms with Crippen LogP contribution in [0.3, 0.4) is 0 Å². The molecular weight excluding hydrogens is 435 g/mol. The van der Waals surface area contributed by atoms with Gasteiger partial charge in [0.05, 0.1) is 5.02 Å². The first-order valence-corrected chi connectivity index (χ1v) is 8.91. The Labute approximate surface area is 153 Å². The first-order valence-electron chi connectivity index (χ1n) is 6.75. The van der Waals surface area contributed by atoms with Crippen LogP contribution in [0.1, 0.15) is 13.3 Å². The third-order valence-corrected chi connectivity index (χ3v) is 5.01. The summed E-state index contributed by atoms with van der Waals surface area (Å²) in [6.45, 7) is 1.59. The number of benzene rings is 1.